The largest absolute Gasteiger partial charge is 0.573 e. The molecule has 0 aliphatic rings. The topological polar surface area (TPSA) is 403 Å². The number of rotatable bonds is 13. The summed E-state index contributed by atoms with van der Waals surface area (Å²) < 4.78 is 105. The van der Waals surface area contributed by atoms with Gasteiger partial charge >= 0.3 is 48.2 Å². The fraction of sp³-hybridized carbons (Fsp3) is 0.0862. The molecule has 0 aliphatic heterocycles. The number of amides is 2. The van der Waals surface area contributed by atoms with Crippen LogP contribution in [-0.4, -0.2) is 113 Å². The van der Waals surface area contributed by atoms with Gasteiger partial charge < -0.3 is 74.9 Å². The van der Waals surface area contributed by atoms with Crippen molar-refractivity contribution in [2.75, 3.05) is 11.9 Å². The molecule has 0 unspecified atom stereocenters. The van der Waals surface area contributed by atoms with Gasteiger partial charge in [-0.25, -0.2) is 4.79 Å². The number of nitrogens with one attached hydrogen (secondary N) is 2. The molecule has 0 aliphatic carbocycles. The van der Waals surface area contributed by atoms with Crippen LogP contribution < -0.4 is 25.8 Å². The van der Waals surface area contributed by atoms with Gasteiger partial charge in [0.05, 0.1) is 63.0 Å². The lowest BCUT2D eigenvalue weighted by Crippen LogP contribution is -2.23. The Morgan fingerprint density at radius 1 is 0.545 bits per heavy atom. The highest BCUT2D eigenvalue weighted by Gasteiger charge is 2.32. The number of nitrogens with zero attached hydrogens (tertiary/aromatic N) is 8. The van der Waals surface area contributed by atoms with Crippen LogP contribution in [0, 0.1) is 11.3 Å². The quantitative estimate of drug-likeness (QED) is 0.00984. The van der Waals surface area contributed by atoms with Gasteiger partial charge in [0.25, 0.3) is 0 Å². The number of oxime groups is 1. The summed E-state index contributed by atoms with van der Waals surface area (Å²) in [6.07, 6.45) is -9.62. The highest BCUT2D eigenvalue weighted by molar-refractivity contribution is 9.12. The Kier molecular flexibility index (Phi) is 31.5. The molecule has 10 rings (SSSR count). The number of phenolic OH excluding ortho intramolecular Hbond substituents is 5. The van der Waals surface area contributed by atoms with Crippen LogP contribution in [0.2, 0.25) is 0 Å². The number of phenols is 5. The minimum atomic E-state index is -4.85. The average Bonchev–Trinajstić information content (AvgIpc) is 1.76. The van der Waals surface area contributed by atoms with Crippen molar-refractivity contribution in [2.24, 2.45) is 10.9 Å². The van der Waals surface area contributed by atoms with Crippen molar-refractivity contribution in [3.63, 3.8) is 0 Å². The number of carbonyl (C=O) groups is 3. The van der Waals surface area contributed by atoms with Crippen LogP contribution in [0.4, 0.5) is 32.0 Å². The Balaban J connectivity index is 0.000000237. The first-order chi connectivity index (χ1) is 47.0. The monoisotopic (exact) mass is 2040 g/mol. The fourth-order valence-electron chi connectivity index (χ4n) is 6.99. The molecule has 0 fully saturated rings. The number of halogens is 16. The van der Waals surface area contributed by atoms with E-state index >= 15 is 0 Å². The predicted octanol–water partition coefficient (Wildman–Crippen LogP) is 17.5. The SMILES string of the molecule is CCOC(=O)c1nc(-c2cc(Br)c(O)c(Br)c2)no1.N#Cc1cc(Br)c(O)c(Br)c1.N/C(=N\O)c1cc(Br)c(O)c(Br)c1.O=C(NCc1ccc(OC(F)(F)F)cc1)c1nc(-c2cc(Br)c(O)c(Br)c2)no1.O=C(Nc1cccc(OC(F)(F)F)c1)c1nc(-c2cc(Br)c(O)c(Br)c2)no1.[B]. The van der Waals surface area contributed by atoms with Crippen molar-refractivity contribution < 1.29 is 99.2 Å². The number of alkyl halides is 6. The third kappa shape index (κ3) is 25.0. The molecule has 3 aromatic heterocycles. The molecule has 43 heteroatoms. The van der Waals surface area contributed by atoms with Crippen molar-refractivity contribution in [2.45, 2.75) is 26.2 Å². The van der Waals surface area contributed by atoms with Gasteiger partial charge in [-0.2, -0.15) is 20.2 Å². The number of anilines is 1. The van der Waals surface area contributed by atoms with Crippen molar-refractivity contribution in [1.82, 2.24) is 35.7 Å². The van der Waals surface area contributed by atoms with Crippen LogP contribution in [0.25, 0.3) is 34.2 Å². The van der Waals surface area contributed by atoms with Crippen LogP contribution in [-0.2, 0) is 11.3 Å². The zero-order valence-electron chi connectivity index (χ0n) is 49.4. The molecule has 10 aromatic rings. The maximum Gasteiger partial charge on any atom is 0.573 e. The summed E-state index contributed by atoms with van der Waals surface area (Å²) in [5, 5.41) is 83.4. The summed E-state index contributed by atoms with van der Waals surface area (Å²) in [5.41, 5.74) is 8.47. The third-order valence-corrected chi connectivity index (χ3v) is 17.5. The summed E-state index contributed by atoms with van der Waals surface area (Å²) in [6.45, 7) is 1.94. The minimum Gasteiger partial charge on any atom is -0.506 e. The van der Waals surface area contributed by atoms with Crippen LogP contribution in [0.15, 0.2) is 173 Å². The van der Waals surface area contributed by atoms with Crippen LogP contribution in [0.3, 0.4) is 0 Å². The number of carbonyl (C=O) groups excluding carboxylic acids is 3. The lowest BCUT2D eigenvalue weighted by atomic mass is 10.2. The molecule has 0 saturated heterocycles. The number of esters is 1. The Bertz CT molecular complexity index is 4590. The summed E-state index contributed by atoms with van der Waals surface area (Å²) in [5.74, 6) is -3.25. The van der Waals surface area contributed by atoms with Gasteiger partial charge in [-0.3, -0.25) is 9.59 Å². The third-order valence-electron chi connectivity index (χ3n) is 11.4. The predicted molar refractivity (Wildman–Crippen MR) is 382 cm³/mol. The smallest absolute Gasteiger partial charge is 0.506 e. The highest BCUT2D eigenvalue weighted by atomic mass is 79.9. The minimum absolute atomic E-state index is 0. The van der Waals surface area contributed by atoms with Gasteiger partial charge in [-0.15, -0.1) is 26.3 Å². The Morgan fingerprint density at radius 3 is 1.30 bits per heavy atom. The first kappa shape index (κ1) is 83.8. The molecule has 26 nitrogen and oxygen atoms in total. The second-order valence-electron chi connectivity index (χ2n) is 18.4. The molecular formula is C58H35BBr10F6N11O15. The molecule has 0 saturated carbocycles. The van der Waals surface area contributed by atoms with E-state index in [-0.39, 0.29) is 96.8 Å². The molecular weight excluding hydrogens is 2010 g/mol. The summed E-state index contributed by atoms with van der Waals surface area (Å²) in [6, 6.07) is 27.3. The summed E-state index contributed by atoms with van der Waals surface area (Å²) >= 11 is 31.5. The molecule has 527 valence electrons. The van der Waals surface area contributed by atoms with E-state index < -0.39 is 42.1 Å². The van der Waals surface area contributed by atoms with E-state index in [0.717, 1.165) is 24.3 Å². The van der Waals surface area contributed by atoms with E-state index in [1.807, 2.05) is 6.07 Å². The van der Waals surface area contributed by atoms with E-state index in [1.165, 1.54) is 36.4 Å². The zero-order chi connectivity index (χ0) is 74.1. The van der Waals surface area contributed by atoms with Gasteiger partial charge in [0.1, 0.15) is 40.2 Å². The number of aromatic hydroxyl groups is 5. The summed E-state index contributed by atoms with van der Waals surface area (Å²) in [4.78, 5) is 47.7. The van der Waals surface area contributed by atoms with E-state index in [2.05, 4.69) is 215 Å². The first-order valence-corrected chi connectivity index (χ1v) is 34.2. The normalized spacial score (nSPS) is 10.9. The standard InChI is InChI=1S/C17H10Br2F3N3O4.C16H8Br2F3N3O4.C11H8Br2N2O4.C7H6Br2N2O2.C7H3Br2NO.B/c18-11-5-9(6-12(19)13(11)26)14-24-16(29-25-14)15(27)23-7-8-1-3-10(4-2-8)28-17(20,21)22;17-10-4-7(5-11(18)12(10)25)13-23-15(28-24-13)14(26)22-8-2-1-3-9(6-8)27-16(19,20)21;1-2-18-11(17)10-14-9(15-19-10)5-3-6(12)8(16)7(13)4-5;8-4-1-3(7(10)11-13)2-5(9)6(4)12;8-5-1-4(3-10)2-6(9)7(5)11;/h1-6,26H,7H2,(H,23,27);1-6,25H,(H,22,26);3-4,16H,2H2,1H3;1-2,12-13H,(H2,10,11);1-2,11H;. The maximum atomic E-state index is 12.3. The Hall–Kier alpha value is -7.83. The van der Waals surface area contributed by atoms with Gasteiger partial charge in [0.2, 0.25) is 17.5 Å². The van der Waals surface area contributed by atoms with Crippen molar-refractivity contribution in [3.8, 4) is 80.5 Å². The van der Waals surface area contributed by atoms with Gasteiger partial charge in [0.15, 0.2) is 5.84 Å². The van der Waals surface area contributed by atoms with Crippen LogP contribution in [0.5, 0.6) is 40.2 Å². The van der Waals surface area contributed by atoms with Gasteiger partial charge in [-0.1, -0.05) is 38.8 Å². The Morgan fingerprint density at radius 2 is 0.911 bits per heavy atom. The molecule has 3 heterocycles. The molecule has 101 heavy (non-hydrogen) atoms. The molecule has 10 N–H and O–H groups in total. The first-order valence-electron chi connectivity index (χ1n) is 26.3. The van der Waals surface area contributed by atoms with Crippen molar-refractivity contribution in [3.05, 3.63) is 188 Å². The molecule has 0 spiro atoms. The van der Waals surface area contributed by atoms with E-state index in [0.29, 0.717) is 78.1 Å². The van der Waals surface area contributed by atoms with Crippen molar-refractivity contribution >= 4 is 197 Å². The van der Waals surface area contributed by atoms with Gasteiger partial charge in [-0.05, 0) is 257 Å². The number of hydrogen-bond acceptors (Lipinski definition) is 23. The van der Waals surface area contributed by atoms with E-state index in [4.69, 9.17) is 34.5 Å². The molecule has 0 atom stereocenters. The lowest BCUT2D eigenvalue weighted by Gasteiger charge is -2.10. The lowest BCUT2D eigenvalue weighted by molar-refractivity contribution is -0.275. The zero-order valence-corrected chi connectivity index (χ0v) is 65.3. The Labute approximate surface area is 648 Å². The van der Waals surface area contributed by atoms with Gasteiger partial charge in [0, 0.05) is 49.0 Å². The summed E-state index contributed by atoms with van der Waals surface area (Å²) in [7, 11) is 0. The second-order valence-corrected chi connectivity index (χ2v) is 27.0. The number of ether oxygens (including phenoxy) is 3. The number of aromatic nitrogens is 6. The molecule has 0 bridgehead atoms. The van der Waals surface area contributed by atoms with Crippen molar-refractivity contribution in [1.29, 1.82) is 5.26 Å². The highest BCUT2D eigenvalue weighted by Crippen LogP contribution is 2.40. The fourth-order valence-corrected chi connectivity index (χ4v) is 12.9. The number of nitrogens with two attached hydrogens (primary N) is 1. The average molecular weight is 2050 g/mol. The van der Waals surface area contributed by atoms with Crippen LogP contribution >= 0.6 is 159 Å². The molecule has 2 amide bonds. The number of hydrogen-bond donors (Lipinski definition) is 9. The molecule has 7 aromatic carbocycles. The second kappa shape index (κ2) is 37.9. The number of nitriles is 1. The molecule has 3 radical (unpaired) electrons. The van der Waals surface area contributed by atoms with Crippen LogP contribution in [0.1, 0.15) is 55.7 Å². The number of amidine groups is 1. The maximum absolute atomic E-state index is 12.3. The van der Waals surface area contributed by atoms with E-state index in [9.17, 15) is 66.3 Å². The number of benzene rings is 7. The van der Waals surface area contributed by atoms with E-state index in [1.54, 1.807) is 55.5 Å².